The maximum Gasteiger partial charge on any atom is 0.232 e. The van der Waals surface area contributed by atoms with Gasteiger partial charge in [-0.25, -0.2) is 4.94 Å². The van der Waals surface area contributed by atoms with E-state index >= 15 is 0 Å². The Hall–Kier alpha value is -0.800. The lowest BCUT2D eigenvalue weighted by atomic mass is 9.82. The summed E-state index contributed by atoms with van der Waals surface area (Å²) in [6.45, 7) is 2.82. The van der Waals surface area contributed by atoms with E-state index in [0.717, 1.165) is 38.7 Å². The molecule has 4 unspecified atom stereocenters. The minimum absolute atomic E-state index is 0.0474. The second-order valence-corrected chi connectivity index (χ2v) is 6.52. The van der Waals surface area contributed by atoms with Crippen LogP contribution in [0.4, 0.5) is 0 Å². The first-order valence-electron chi connectivity index (χ1n) is 8.37. The molecule has 1 aliphatic heterocycles. The Morgan fingerprint density at radius 2 is 1.91 bits per heavy atom. The molecule has 0 aromatic rings. The molecular weight excluding hydrogens is 288 g/mol. The van der Waals surface area contributed by atoms with E-state index in [0.29, 0.717) is 18.6 Å². The van der Waals surface area contributed by atoms with E-state index in [-0.39, 0.29) is 23.0 Å². The molecule has 0 aromatic carbocycles. The van der Waals surface area contributed by atoms with E-state index in [2.05, 4.69) is 16.3 Å². The normalized spacial score (nSPS) is 42.0. The molecule has 2 saturated carbocycles. The minimum atomic E-state index is -0.577. The van der Waals surface area contributed by atoms with Crippen molar-refractivity contribution in [3.63, 3.8) is 0 Å². The van der Waals surface area contributed by atoms with Crippen LogP contribution in [-0.2, 0) is 9.68 Å². The smallest absolute Gasteiger partial charge is 0.232 e. The molecule has 3 rings (SSSR count). The molecule has 8 nitrogen and oxygen atoms in total. The third-order valence-electron chi connectivity index (χ3n) is 5.20. The number of nitro groups is 1. The Bertz CT molecular complexity index is 389. The van der Waals surface area contributed by atoms with Crippen molar-refractivity contribution < 1.29 is 14.6 Å². The Morgan fingerprint density at radius 1 is 1.18 bits per heavy atom. The summed E-state index contributed by atoms with van der Waals surface area (Å²) in [4.78, 5) is 16.0. The summed E-state index contributed by atoms with van der Waals surface area (Å²) in [5.74, 6) is 0. The molecule has 1 saturated heterocycles. The van der Waals surface area contributed by atoms with Crippen LogP contribution < -0.4 is 16.3 Å². The summed E-state index contributed by atoms with van der Waals surface area (Å²) in [5.41, 5.74) is 5.68. The van der Waals surface area contributed by atoms with E-state index in [9.17, 15) is 10.1 Å². The van der Waals surface area contributed by atoms with Gasteiger partial charge in [-0.3, -0.25) is 10.1 Å². The van der Waals surface area contributed by atoms with Crippen molar-refractivity contribution >= 4 is 0 Å². The fourth-order valence-corrected chi connectivity index (χ4v) is 4.03. The van der Waals surface area contributed by atoms with Crippen molar-refractivity contribution in [2.24, 2.45) is 0 Å². The van der Waals surface area contributed by atoms with Crippen molar-refractivity contribution in [3.05, 3.63) is 10.1 Å². The van der Waals surface area contributed by atoms with Gasteiger partial charge in [-0.1, -0.05) is 0 Å². The van der Waals surface area contributed by atoms with Gasteiger partial charge in [0.2, 0.25) is 6.04 Å². The van der Waals surface area contributed by atoms with Gasteiger partial charge in [0.05, 0.1) is 12.1 Å². The molecular formula is C14H26N4O4. The highest BCUT2D eigenvalue weighted by atomic mass is 16.8. The predicted molar refractivity (Wildman–Crippen MR) is 79.5 cm³/mol. The van der Waals surface area contributed by atoms with Gasteiger partial charge in [-0.05, 0) is 39.0 Å². The van der Waals surface area contributed by atoms with Crippen molar-refractivity contribution in [2.45, 2.75) is 81.8 Å². The molecule has 0 amide bonds. The average molecular weight is 314 g/mol. The highest BCUT2D eigenvalue weighted by Gasteiger charge is 2.49. The maximum absolute atomic E-state index is 11.1. The quantitative estimate of drug-likeness (QED) is 0.502. The molecule has 0 spiro atoms. The molecule has 0 bridgehead atoms. The summed E-state index contributed by atoms with van der Waals surface area (Å²) in [7, 11) is 0. The van der Waals surface area contributed by atoms with Crippen molar-refractivity contribution in [1.82, 2.24) is 16.3 Å². The Morgan fingerprint density at radius 3 is 2.59 bits per heavy atom. The standard InChI is InChI=1S/C14H26N4O4/c1-2-21-10-5-3-9(4-6-10)15-11-7-8-12(18(19)20)14-13(11)16-22-17-14/h9-17H,2-8H2,1H3. The Balaban J connectivity index is 1.52. The van der Waals surface area contributed by atoms with Crippen LogP contribution >= 0.6 is 0 Å². The van der Waals surface area contributed by atoms with E-state index in [4.69, 9.17) is 9.68 Å². The third kappa shape index (κ3) is 3.41. The molecule has 0 radical (unpaired) electrons. The van der Waals surface area contributed by atoms with Crippen LogP contribution in [0.3, 0.4) is 0 Å². The molecule has 2 aliphatic carbocycles. The lowest BCUT2D eigenvalue weighted by molar-refractivity contribution is -0.530. The van der Waals surface area contributed by atoms with Crippen LogP contribution in [-0.4, -0.2) is 47.8 Å². The fraction of sp³-hybridized carbons (Fsp3) is 1.00. The van der Waals surface area contributed by atoms with E-state index in [1.165, 1.54) is 0 Å². The van der Waals surface area contributed by atoms with Gasteiger partial charge >= 0.3 is 0 Å². The topological polar surface area (TPSA) is 97.7 Å². The monoisotopic (exact) mass is 314 g/mol. The Labute approximate surface area is 130 Å². The first-order chi connectivity index (χ1) is 10.7. The second kappa shape index (κ2) is 7.18. The molecule has 126 valence electrons. The number of hydroxylamine groups is 2. The van der Waals surface area contributed by atoms with Gasteiger partial charge in [0.1, 0.15) is 6.04 Å². The zero-order valence-corrected chi connectivity index (χ0v) is 13.0. The molecule has 0 aromatic heterocycles. The summed E-state index contributed by atoms with van der Waals surface area (Å²) in [5, 5.41) is 14.8. The number of hydrogen-bond acceptors (Lipinski definition) is 7. The zero-order valence-electron chi connectivity index (χ0n) is 13.0. The number of hydrogen-bond donors (Lipinski definition) is 3. The van der Waals surface area contributed by atoms with E-state index in [1.54, 1.807) is 0 Å². The van der Waals surface area contributed by atoms with Crippen molar-refractivity contribution in [3.8, 4) is 0 Å². The van der Waals surface area contributed by atoms with Crippen molar-refractivity contribution in [1.29, 1.82) is 0 Å². The number of nitrogens with one attached hydrogen (secondary N) is 3. The SMILES string of the molecule is CCOC1CCC(NC2CCC([N+](=O)[O-])C3NONC23)CC1. The second-order valence-electron chi connectivity index (χ2n) is 6.52. The number of nitrogens with zero attached hydrogens (tertiary/aromatic N) is 1. The van der Waals surface area contributed by atoms with E-state index < -0.39 is 6.04 Å². The summed E-state index contributed by atoms with van der Waals surface area (Å²) in [6, 6.07) is -0.205. The van der Waals surface area contributed by atoms with Gasteiger partial charge in [0.25, 0.3) is 0 Å². The van der Waals surface area contributed by atoms with Crippen molar-refractivity contribution in [2.75, 3.05) is 6.61 Å². The first kappa shape index (κ1) is 16.1. The molecule has 4 atom stereocenters. The molecule has 8 heteroatoms. The molecule has 1 heterocycles. The fourth-order valence-electron chi connectivity index (χ4n) is 4.03. The molecule has 3 fully saturated rings. The van der Waals surface area contributed by atoms with Crippen LogP contribution in [0.25, 0.3) is 0 Å². The summed E-state index contributed by atoms with van der Waals surface area (Å²) < 4.78 is 5.69. The third-order valence-corrected chi connectivity index (χ3v) is 5.20. The molecule has 22 heavy (non-hydrogen) atoms. The lowest BCUT2D eigenvalue weighted by Gasteiger charge is -2.38. The van der Waals surface area contributed by atoms with Crippen LogP contribution in [0.15, 0.2) is 0 Å². The van der Waals surface area contributed by atoms with Crippen LogP contribution in [0.5, 0.6) is 0 Å². The van der Waals surface area contributed by atoms with Crippen LogP contribution in [0, 0.1) is 10.1 Å². The van der Waals surface area contributed by atoms with Gasteiger partial charge < -0.3 is 10.1 Å². The van der Waals surface area contributed by atoms with Gasteiger partial charge in [-0.15, -0.1) is 0 Å². The Kier molecular flexibility index (Phi) is 5.25. The largest absolute Gasteiger partial charge is 0.379 e. The van der Waals surface area contributed by atoms with Crippen LogP contribution in [0.1, 0.15) is 45.4 Å². The lowest BCUT2D eigenvalue weighted by Crippen LogP contribution is -2.61. The number of ether oxygens (including phenoxy) is 1. The van der Waals surface area contributed by atoms with E-state index in [1.807, 2.05) is 6.92 Å². The van der Waals surface area contributed by atoms with Crippen LogP contribution in [0.2, 0.25) is 0 Å². The zero-order chi connectivity index (χ0) is 15.5. The highest BCUT2D eigenvalue weighted by Crippen LogP contribution is 2.27. The number of rotatable bonds is 5. The average Bonchev–Trinajstić information content (AvgIpc) is 2.99. The maximum atomic E-state index is 11.1. The highest BCUT2D eigenvalue weighted by molar-refractivity contribution is 5.01. The molecule has 3 aliphatic rings. The summed E-state index contributed by atoms with van der Waals surface area (Å²) >= 11 is 0. The minimum Gasteiger partial charge on any atom is -0.379 e. The summed E-state index contributed by atoms with van der Waals surface area (Å²) in [6.07, 6.45) is 6.17. The van der Waals surface area contributed by atoms with Gasteiger partial charge in [-0.2, -0.15) is 11.0 Å². The number of fused-ring (bicyclic) bond motifs is 1. The molecule has 3 N–H and O–H groups in total. The predicted octanol–water partition coefficient (Wildman–Crippen LogP) is 0.508. The van der Waals surface area contributed by atoms with Gasteiger partial charge in [0.15, 0.2) is 0 Å². The first-order valence-corrected chi connectivity index (χ1v) is 8.37. The van der Waals surface area contributed by atoms with Gasteiger partial charge in [0, 0.05) is 30.0 Å².